The molecule has 0 atom stereocenters. The Labute approximate surface area is 115 Å². The highest BCUT2D eigenvalue weighted by atomic mass is 32.2. The standard InChI is InChI=1S/C13H13N3O2S/c1-14-13-10(3-2-4-12(13)16(17)18)9-19-11-5-7-15-8-6-11/h2-8,14H,9H2,1H3. The molecule has 0 saturated heterocycles. The van der Waals surface area contributed by atoms with Gasteiger partial charge in [0.15, 0.2) is 0 Å². The highest BCUT2D eigenvalue weighted by molar-refractivity contribution is 7.98. The molecule has 19 heavy (non-hydrogen) atoms. The van der Waals surface area contributed by atoms with E-state index in [4.69, 9.17) is 0 Å². The van der Waals surface area contributed by atoms with Crippen molar-refractivity contribution in [3.05, 3.63) is 58.4 Å². The summed E-state index contributed by atoms with van der Waals surface area (Å²) in [5.74, 6) is 0.669. The number of nitro groups is 1. The lowest BCUT2D eigenvalue weighted by Gasteiger charge is -2.09. The van der Waals surface area contributed by atoms with Gasteiger partial charge in [0, 0.05) is 36.2 Å². The minimum Gasteiger partial charge on any atom is -0.382 e. The lowest BCUT2D eigenvalue weighted by atomic mass is 10.1. The van der Waals surface area contributed by atoms with Crippen molar-refractivity contribution in [1.82, 2.24) is 4.98 Å². The quantitative estimate of drug-likeness (QED) is 0.515. The average Bonchev–Trinajstić information content (AvgIpc) is 2.45. The van der Waals surface area contributed by atoms with Gasteiger partial charge in [0.1, 0.15) is 5.69 Å². The van der Waals surface area contributed by atoms with Crippen LogP contribution >= 0.6 is 11.8 Å². The molecule has 0 aliphatic heterocycles. The van der Waals surface area contributed by atoms with E-state index in [0.29, 0.717) is 11.4 Å². The molecule has 0 unspecified atom stereocenters. The molecule has 5 nitrogen and oxygen atoms in total. The van der Waals surface area contributed by atoms with Crippen molar-refractivity contribution in [1.29, 1.82) is 0 Å². The molecule has 1 aromatic carbocycles. The van der Waals surface area contributed by atoms with E-state index in [-0.39, 0.29) is 10.6 Å². The smallest absolute Gasteiger partial charge is 0.292 e. The summed E-state index contributed by atoms with van der Waals surface area (Å²) in [6.07, 6.45) is 3.46. The van der Waals surface area contributed by atoms with Crippen molar-refractivity contribution < 1.29 is 4.92 Å². The summed E-state index contributed by atoms with van der Waals surface area (Å²) >= 11 is 1.62. The Morgan fingerprint density at radius 2 is 2.05 bits per heavy atom. The number of nitro benzene ring substituents is 1. The van der Waals surface area contributed by atoms with Gasteiger partial charge in [0.2, 0.25) is 0 Å². The molecule has 0 amide bonds. The molecule has 0 radical (unpaired) electrons. The highest BCUT2D eigenvalue weighted by Gasteiger charge is 2.15. The molecule has 0 spiro atoms. The first-order valence-corrected chi connectivity index (χ1v) is 6.68. The lowest BCUT2D eigenvalue weighted by molar-refractivity contribution is -0.384. The zero-order valence-corrected chi connectivity index (χ0v) is 11.2. The fraction of sp³-hybridized carbons (Fsp3) is 0.154. The maximum absolute atomic E-state index is 11.0. The molecule has 0 bridgehead atoms. The zero-order chi connectivity index (χ0) is 13.7. The van der Waals surface area contributed by atoms with Crippen molar-refractivity contribution >= 4 is 23.1 Å². The molecule has 2 aromatic rings. The summed E-state index contributed by atoms with van der Waals surface area (Å²) in [6, 6.07) is 8.95. The van der Waals surface area contributed by atoms with Crippen LogP contribution in [0.2, 0.25) is 0 Å². The summed E-state index contributed by atoms with van der Waals surface area (Å²) in [4.78, 5) is 15.6. The Balaban J connectivity index is 2.21. The van der Waals surface area contributed by atoms with Crippen molar-refractivity contribution in [3.8, 4) is 0 Å². The molecule has 6 heteroatoms. The first-order chi connectivity index (χ1) is 9.22. The van der Waals surface area contributed by atoms with Crippen LogP contribution in [-0.4, -0.2) is 17.0 Å². The summed E-state index contributed by atoms with van der Waals surface area (Å²) < 4.78 is 0. The molecule has 98 valence electrons. The predicted octanol–water partition coefficient (Wildman–Crippen LogP) is 3.32. The molecule has 1 aromatic heterocycles. The summed E-state index contributed by atoms with van der Waals surface area (Å²) in [6.45, 7) is 0. The minimum atomic E-state index is -0.369. The van der Waals surface area contributed by atoms with Crippen molar-refractivity contribution in [2.24, 2.45) is 0 Å². The van der Waals surface area contributed by atoms with Crippen LogP contribution in [0.3, 0.4) is 0 Å². The van der Waals surface area contributed by atoms with Gasteiger partial charge in [-0.25, -0.2) is 0 Å². The monoisotopic (exact) mass is 275 g/mol. The second-order valence-corrected chi connectivity index (χ2v) is 4.84. The average molecular weight is 275 g/mol. The SMILES string of the molecule is CNc1c(CSc2ccncc2)cccc1[N+](=O)[O-]. The number of aromatic nitrogens is 1. The highest BCUT2D eigenvalue weighted by Crippen LogP contribution is 2.32. The van der Waals surface area contributed by atoms with Gasteiger partial charge in [-0.1, -0.05) is 12.1 Å². The van der Waals surface area contributed by atoms with Crippen LogP contribution in [0.25, 0.3) is 0 Å². The number of rotatable bonds is 5. The third-order valence-corrected chi connectivity index (χ3v) is 3.68. The first-order valence-electron chi connectivity index (χ1n) is 5.69. The Kier molecular flexibility index (Phi) is 4.35. The normalized spacial score (nSPS) is 10.2. The number of hydrogen-bond donors (Lipinski definition) is 1. The van der Waals surface area contributed by atoms with E-state index in [1.54, 1.807) is 37.3 Å². The molecule has 2 rings (SSSR count). The fourth-order valence-electron chi connectivity index (χ4n) is 1.74. The number of benzene rings is 1. The molecular formula is C13H13N3O2S. The number of nitrogens with zero attached hydrogens (tertiary/aromatic N) is 2. The largest absolute Gasteiger partial charge is 0.382 e. The van der Waals surface area contributed by atoms with Crippen molar-refractivity contribution in [2.45, 2.75) is 10.6 Å². The van der Waals surface area contributed by atoms with Crippen LogP contribution in [0.15, 0.2) is 47.6 Å². The van der Waals surface area contributed by atoms with E-state index >= 15 is 0 Å². The van der Waals surface area contributed by atoms with E-state index in [2.05, 4.69) is 10.3 Å². The topological polar surface area (TPSA) is 68.1 Å². The second kappa shape index (κ2) is 6.19. The van der Waals surface area contributed by atoms with E-state index in [1.165, 1.54) is 6.07 Å². The summed E-state index contributed by atoms with van der Waals surface area (Å²) in [7, 11) is 1.70. The van der Waals surface area contributed by atoms with Crippen LogP contribution < -0.4 is 5.32 Å². The molecule has 1 heterocycles. The number of pyridine rings is 1. The van der Waals surface area contributed by atoms with Gasteiger partial charge < -0.3 is 5.32 Å². The van der Waals surface area contributed by atoms with Crippen LogP contribution in [0.1, 0.15) is 5.56 Å². The molecule has 1 N–H and O–H groups in total. The van der Waals surface area contributed by atoms with E-state index in [0.717, 1.165) is 10.5 Å². The van der Waals surface area contributed by atoms with E-state index < -0.39 is 0 Å². The number of nitrogens with one attached hydrogen (secondary N) is 1. The zero-order valence-electron chi connectivity index (χ0n) is 10.4. The van der Waals surface area contributed by atoms with E-state index in [1.807, 2.05) is 18.2 Å². The van der Waals surface area contributed by atoms with E-state index in [9.17, 15) is 10.1 Å². The molecule has 0 aliphatic rings. The Hall–Kier alpha value is -2.08. The van der Waals surface area contributed by atoms with Crippen LogP contribution in [0.5, 0.6) is 0 Å². The van der Waals surface area contributed by atoms with Gasteiger partial charge in [-0.15, -0.1) is 11.8 Å². The van der Waals surface area contributed by atoms with Gasteiger partial charge in [-0.2, -0.15) is 0 Å². The number of thioether (sulfide) groups is 1. The van der Waals surface area contributed by atoms with Gasteiger partial charge in [-0.05, 0) is 17.7 Å². The van der Waals surface area contributed by atoms with Crippen molar-refractivity contribution in [2.75, 3.05) is 12.4 Å². The number of hydrogen-bond acceptors (Lipinski definition) is 5. The Bertz CT molecular complexity index is 575. The molecule has 0 aliphatic carbocycles. The first kappa shape index (κ1) is 13.4. The number of anilines is 1. The lowest BCUT2D eigenvalue weighted by Crippen LogP contribution is -2.00. The van der Waals surface area contributed by atoms with Gasteiger partial charge in [0.25, 0.3) is 5.69 Å². The van der Waals surface area contributed by atoms with Crippen molar-refractivity contribution in [3.63, 3.8) is 0 Å². The van der Waals surface area contributed by atoms with Crippen LogP contribution in [-0.2, 0) is 5.75 Å². The van der Waals surface area contributed by atoms with Gasteiger partial charge >= 0.3 is 0 Å². The van der Waals surface area contributed by atoms with Crippen LogP contribution in [0.4, 0.5) is 11.4 Å². The fourth-order valence-corrected chi connectivity index (χ4v) is 2.62. The maximum atomic E-state index is 11.0. The third kappa shape index (κ3) is 3.23. The Morgan fingerprint density at radius 3 is 2.68 bits per heavy atom. The third-order valence-electron chi connectivity index (χ3n) is 2.62. The van der Waals surface area contributed by atoms with Crippen LogP contribution in [0, 0.1) is 10.1 Å². The predicted molar refractivity (Wildman–Crippen MR) is 76.4 cm³/mol. The second-order valence-electron chi connectivity index (χ2n) is 3.79. The molecule has 0 saturated carbocycles. The summed E-state index contributed by atoms with van der Waals surface area (Å²) in [5, 5.41) is 13.9. The molecular weight excluding hydrogens is 262 g/mol. The van der Waals surface area contributed by atoms with Gasteiger partial charge in [-0.3, -0.25) is 15.1 Å². The Morgan fingerprint density at radius 1 is 1.32 bits per heavy atom. The molecule has 0 fully saturated rings. The van der Waals surface area contributed by atoms with Gasteiger partial charge in [0.05, 0.1) is 4.92 Å². The minimum absolute atomic E-state index is 0.107. The maximum Gasteiger partial charge on any atom is 0.292 e. The number of para-hydroxylation sites is 1. The summed E-state index contributed by atoms with van der Waals surface area (Å²) in [5.41, 5.74) is 1.60.